The number of piperazine rings is 1. The van der Waals surface area contributed by atoms with Gasteiger partial charge in [0, 0.05) is 37.4 Å². The molecule has 3 aromatic carbocycles. The largest absolute Gasteiger partial charge is 0.488 e. The van der Waals surface area contributed by atoms with E-state index in [4.69, 9.17) is 14.2 Å². The fourth-order valence-electron chi connectivity index (χ4n) is 4.20. The number of benzene rings is 3. The molecule has 2 heterocycles. The maximum absolute atomic E-state index is 13.1. The summed E-state index contributed by atoms with van der Waals surface area (Å²) in [7, 11) is 0. The van der Waals surface area contributed by atoms with E-state index in [9.17, 15) is 10.1 Å². The predicted octanol–water partition coefficient (Wildman–Crippen LogP) is 4.25. The highest BCUT2D eigenvalue weighted by Gasteiger charge is 2.24. The molecule has 0 aromatic heterocycles. The quantitative estimate of drug-likeness (QED) is 0.399. The second-order valence-corrected chi connectivity index (χ2v) is 8.30. The number of rotatable bonds is 6. The highest BCUT2D eigenvalue weighted by molar-refractivity contribution is 6.02. The predicted molar refractivity (Wildman–Crippen MR) is 132 cm³/mol. The Morgan fingerprint density at radius 3 is 2.49 bits per heavy atom. The van der Waals surface area contributed by atoms with Crippen molar-refractivity contribution in [3.05, 3.63) is 89.5 Å². The lowest BCUT2D eigenvalue weighted by molar-refractivity contribution is -0.126. The summed E-state index contributed by atoms with van der Waals surface area (Å²) in [6.45, 7) is 3.12. The monoisotopic (exact) mass is 467 g/mol. The topological polar surface area (TPSA) is 75.0 Å². The summed E-state index contributed by atoms with van der Waals surface area (Å²) < 4.78 is 16.8. The minimum absolute atomic E-state index is 0.0947. The minimum Gasteiger partial charge on any atom is -0.488 e. The van der Waals surface area contributed by atoms with Crippen molar-refractivity contribution in [3.8, 4) is 23.3 Å². The van der Waals surface area contributed by atoms with Crippen molar-refractivity contribution >= 4 is 17.7 Å². The van der Waals surface area contributed by atoms with Gasteiger partial charge in [-0.1, -0.05) is 42.5 Å². The van der Waals surface area contributed by atoms with Gasteiger partial charge >= 0.3 is 0 Å². The average Bonchev–Trinajstić information content (AvgIpc) is 3.39. The number of hydrogen-bond donors (Lipinski definition) is 0. The van der Waals surface area contributed by atoms with Crippen molar-refractivity contribution in [2.75, 3.05) is 37.9 Å². The first kappa shape index (κ1) is 22.4. The maximum Gasteiger partial charge on any atom is 0.264 e. The summed E-state index contributed by atoms with van der Waals surface area (Å²) in [5.41, 5.74) is 2.85. The third-order valence-electron chi connectivity index (χ3n) is 6.09. The average molecular weight is 468 g/mol. The van der Waals surface area contributed by atoms with Gasteiger partial charge in [0.15, 0.2) is 11.5 Å². The summed E-state index contributed by atoms with van der Waals surface area (Å²) in [6, 6.07) is 25.3. The molecule has 0 unspecified atom stereocenters. The van der Waals surface area contributed by atoms with Crippen LogP contribution in [-0.4, -0.2) is 43.8 Å². The molecule has 1 amide bonds. The van der Waals surface area contributed by atoms with Crippen LogP contribution in [0.25, 0.3) is 6.08 Å². The molecule has 35 heavy (non-hydrogen) atoms. The van der Waals surface area contributed by atoms with Crippen LogP contribution >= 0.6 is 0 Å². The zero-order valence-electron chi connectivity index (χ0n) is 19.2. The van der Waals surface area contributed by atoms with Crippen LogP contribution in [0.15, 0.2) is 78.4 Å². The van der Waals surface area contributed by atoms with E-state index in [1.165, 1.54) is 0 Å². The Kier molecular flexibility index (Phi) is 6.53. The molecule has 176 valence electrons. The number of anilines is 1. The minimum atomic E-state index is -0.259. The molecule has 7 heteroatoms. The summed E-state index contributed by atoms with van der Waals surface area (Å²) in [4.78, 5) is 17.1. The maximum atomic E-state index is 13.1. The molecule has 0 radical (unpaired) electrons. The van der Waals surface area contributed by atoms with Crippen LogP contribution in [0.5, 0.6) is 17.2 Å². The summed E-state index contributed by atoms with van der Waals surface area (Å²) >= 11 is 0. The molecular formula is C28H25N3O4. The number of nitrogens with zero attached hydrogens (tertiary/aromatic N) is 3. The van der Waals surface area contributed by atoms with E-state index in [2.05, 4.69) is 23.1 Å². The standard InChI is InChI=1S/C28H25N3O4/c29-18-23(28(32)31-14-12-30(13-15-31)24-7-2-1-3-8-24)17-22-6-4-5-9-25(22)33-19-21-10-11-26-27(16-21)35-20-34-26/h1-11,16-17H,12-15,19-20H2/b23-17-. The van der Waals surface area contributed by atoms with Crippen molar-refractivity contribution in [1.82, 2.24) is 4.90 Å². The van der Waals surface area contributed by atoms with E-state index in [0.717, 1.165) is 30.1 Å². The lowest BCUT2D eigenvalue weighted by Crippen LogP contribution is -2.49. The number of nitriles is 1. The first-order valence-electron chi connectivity index (χ1n) is 11.5. The van der Waals surface area contributed by atoms with Crippen LogP contribution in [0.3, 0.4) is 0 Å². The van der Waals surface area contributed by atoms with Gasteiger partial charge in [-0.25, -0.2) is 0 Å². The molecule has 2 aliphatic rings. The van der Waals surface area contributed by atoms with Crippen LogP contribution in [0.4, 0.5) is 5.69 Å². The van der Waals surface area contributed by atoms with E-state index in [1.54, 1.807) is 11.0 Å². The van der Waals surface area contributed by atoms with E-state index in [1.807, 2.05) is 60.7 Å². The molecule has 3 aromatic rings. The zero-order chi connectivity index (χ0) is 24.0. The Bertz CT molecular complexity index is 1270. The van der Waals surface area contributed by atoms with Crippen molar-refractivity contribution in [2.24, 2.45) is 0 Å². The van der Waals surface area contributed by atoms with Gasteiger partial charge in [0.25, 0.3) is 5.91 Å². The highest BCUT2D eigenvalue weighted by Crippen LogP contribution is 2.33. The fraction of sp³-hybridized carbons (Fsp3) is 0.214. The smallest absolute Gasteiger partial charge is 0.264 e. The molecule has 0 atom stereocenters. The van der Waals surface area contributed by atoms with Gasteiger partial charge in [0.1, 0.15) is 24.0 Å². The molecule has 1 fully saturated rings. The van der Waals surface area contributed by atoms with Gasteiger partial charge in [-0.2, -0.15) is 5.26 Å². The van der Waals surface area contributed by atoms with Gasteiger partial charge in [0.05, 0.1) is 0 Å². The summed E-state index contributed by atoms with van der Waals surface area (Å²) in [5.74, 6) is 1.76. The Balaban J connectivity index is 1.26. The number of fused-ring (bicyclic) bond motifs is 1. The second kappa shape index (κ2) is 10.2. The molecule has 1 saturated heterocycles. The third-order valence-corrected chi connectivity index (χ3v) is 6.09. The first-order valence-corrected chi connectivity index (χ1v) is 11.5. The lowest BCUT2D eigenvalue weighted by Gasteiger charge is -2.36. The van der Waals surface area contributed by atoms with Gasteiger partial charge in [-0.05, 0) is 42.0 Å². The number of amides is 1. The molecule has 5 rings (SSSR count). The number of carbonyl (C=O) groups excluding carboxylic acids is 1. The van der Waals surface area contributed by atoms with Crippen molar-refractivity contribution < 1.29 is 19.0 Å². The molecule has 7 nitrogen and oxygen atoms in total. The number of ether oxygens (including phenoxy) is 3. The fourth-order valence-corrected chi connectivity index (χ4v) is 4.20. The Hall–Kier alpha value is -4.44. The van der Waals surface area contributed by atoms with Crippen LogP contribution in [0, 0.1) is 11.3 Å². The molecule has 0 bridgehead atoms. The Morgan fingerprint density at radius 1 is 0.943 bits per heavy atom. The SMILES string of the molecule is N#C/C(=C/c1ccccc1OCc1ccc2c(c1)OCO2)C(=O)N1CCN(c2ccccc2)CC1. The molecule has 0 N–H and O–H groups in total. The van der Waals surface area contributed by atoms with Crippen LogP contribution < -0.4 is 19.1 Å². The molecular weight excluding hydrogens is 442 g/mol. The van der Waals surface area contributed by atoms with E-state index in [-0.39, 0.29) is 18.3 Å². The van der Waals surface area contributed by atoms with Gasteiger partial charge in [0.2, 0.25) is 6.79 Å². The van der Waals surface area contributed by atoms with Crippen molar-refractivity contribution in [3.63, 3.8) is 0 Å². The van der Waals surface area contributed by atoms with Crippen LogP contribution in [0.2, 0.25) is 0 Å². The summed E-state index contributed by atoms with van der Waals surface area (Å²) in [5, 5.41) is 9.76. The number of carbonyl (C=O) groups is 1. The molecule has 0 spiro atoms. The highest BCUT2D eigenvalue weighted by atomic mass is 16.7. The van der Waals surface area contributed by atoms with Gasteiger partial charge in [-0.15, -0.1) is 0 Å². The molecule has 0 aliphatic carbocycles. The van der Waals surface area contributed by atoms with Crippen molar-refractivity contribution in [2.45, 2.75) is 6.61 Å². The number of para-hydroxylation sites is 2. The van der Waals surface area contributed by atoms with E-state index in [0.29, 0.717) is 36.8 Å². The van der Waals surface area contributed by atoms with Crippen LogP contribution in [0.1, 0.15) is 11.1 Å². The third kappa shape index (κ3) is 5.07. The normalized spacial score (nSPS) is 15.0. The van der Waals surface area contributed by atoms with Gasteiger partial charge < -0.3 is 24.0 Å². The second-order valence-electron chi connectivity index (χ2n) is 8.30. The van der Waals surface area contributed by atoms with Gasteiger partial charge in [-0.3, -0.25) is 4.79 Å². The zero-order valence-corrected chi connectivity index (χ0v) is 19.2. The Labute approximate surface area is 204 Å². The Morgan fingerprint density at radius 2 is 1.69 bits per heavy atom. The van der Waals surface area contributed by atoms with E-state index >= 15 is 0 Å². The lowest BCUT2D eigenvalue weighted by atomic mass is 10.1. The summed E-state index contributed by atoms with van der Waals surface area (Å²) in [6.07, 6.45) is 1.61. The number of hydrogen-bond acceptors (Lipinski definition) is 6. The molecule has 0 saturated carbocycles. The van der Waals surface area contributed by atoms with E-state index < -0.39 is 0 Å². The first-order chi connectivity index (χ1) is 17.2. The molecule has 2 aliphatic heterocycles. The van der Waals surface area contributed by atoms with Crippen LogP contribution in [-0.2, 0) is 11.4 Å². The van der Waals surface area contributed by atoms with Crippen molar-refractivity contribution in [1.29, 1.82) is 5.26 Å².